The molecule has 1 aromatic heterocycles. The summed E-state index contributed by atoms with van der Waals surface area (Å²) in [4.78, 5) is 25.0. The molecule has 88 valence electrons. The predicted molar refractivity (Wildman–Crippen MR) is 61.7 cm³/mol. The minimum atomic E-state index is -0.651. The van der Waals surface area contributed by atoms with Crippen molar-refractivity contribution in [2.75, 3.05) is 6.54 Å². The summed E-state index contributed by atoms with van der Waals surface area (Å²) >= 11 is 5.67. The molecular formula is C10H8ClN3O3. The number of hydrogen-bond donors (Lipinski definition) is 1. The van der Waals surface area contributed by atoms with Gasteiger partial charge in [-0.1, -0.05) is 11.6 Å². The van der Waals surface area contributed by atoms with Crippen molar-refractivity contribution < 1.29 is 9.72 Å². The summed E-state index contributed by atoms with van der Waals surface area (Å²) < 4.78 is 0. The van der Waals surface area contributed by atoms with Crippen LogP contribution in [0.15, 0.2) is 12.3 Å². The Hall–Kier alpha value is -2.13. The fourth-order valence-corrected chi connectivity index (χ4v) is 1.23. The first kappa shape index (κ1) is 12.9. The number of pyridine rings is 1. The third-order valence-corrected chi connectivity index (χ3v) is 2.14. The Morgan fingerprint density at radius 2 is 2.41 bits per heavy atom. The molecule has 6 nitrogen and oxygen atoms in total. The van der Waals surface area contributed by atoms with Crippen molar-refractivity contribution in [2.45, 2.75) is 6.42 Å². The van der Waals surface area contributed by atoms with Gasteiger partial charge in [0.1, 0.15) is 11.3 Å². The summed E-state index contributed by atoms with van der Waals surface area (Å²) in [6, 6.07) is 1.07. The Balaban J connectivity index is 2.89. The number of halogens is 1. The quantitative estimate of drug-likeness (QED) is 0.289. The SMILES string of the molecule is C#CCCNC(=O)c1cc([N+](=O)[O-])cnc1Cl. The summed E-state index contributed by atoms with van der Waals surface area (Å²) in [6.07, 6.45) is 6.37. The van der Waals surface area contributed by atoms with Gasteiger partial charge in [-0.15, -0.1) is 12.3 Å². The number of carbonyl (C=O) groups excluding carboxylic acids is 1. The molecule has 7 heteroatoms. The van der Waals surface area contributed by atoms with Crippen molar-refractivity contribution in [2.24, 2.45) is 0 Å². The molecule has 0 fully saturated rings. The Morgan fingerprint density at radius 3 is 3.00 bits per heavy atom. The Kier molecular flexibility index (Phi) is 4.43. The number of rotatable bonds is 4. The third kappa shape index (κ3) is 3.43. The molecule has 1 rings (SSSR count). The summed E-state index contributed by atoms with van der Waals surface area (Å²) in [5.74, 6) is 1.81. The Bertz CT molecular complexity index is 496. The lowest BCUT2D eigenvalue weighted by Gasteiger charge is -2.04. The van der Waals surface area contributed by atoms with Gasteiger partial charge in [-0.2, -0.15) is 0 Å². The van der Waals surface area contributed by atoms with Gasteiger partial charge in [0.15, 0.2) is 0 Å². The number of terminal acetylenes is 1. The smallest absolute Gasteiger partial charge is 0.288 e. The number of aromatic nitrogens is 1. The number of amides is 1. The van der Waals surface area contributed by atoms with Gasteiger partial charge in [0.25, 0.3) is 11.6 Å². The zero-order valence-corrected chi connectivity index (χ0v) is 9.40. The number of nitro groups is 1. The van der Waals surface area contributed by atoms with E-state index in [-0.39, 0.29) is 22.9 Å². The van der Waals surface area contributed by atoms with Crippen molar-refractivity contribution in [3.05, 3.63) is 33.1 Å². The normalized spacial score (nSPS) is 9.41. The zero-order valence-electron chi connectivity index (χ0n) is 8.64. The highest BCUT2D eigenvalue weighted by molar-refractivity contribution is 6.32. The molecule has 0 aliphatic rings. The summed E-state index contributed by atoms with van der Waals surface area (Å²) in [5.41, 5.74) is -0.339. The summed E-state index contributed by atoms with van der Waals surface area (Å²) in [6.45, 7) is 0.272. The largest absolute Gasteiger partial charge is 0.351 e. The van der Waals surface area contributed by atoms with E-state index in [2.05, 4.69) is 16.2 Å². The third-order valence-electron chi connectivity index (χ3n) is 1.83. The van der Waals surface area contributed by atoms with Gasteiger partial charge in [-0.25, -0.2) is 4.98 Å². The topological polar surface area (TPSA) is 85.1 Å². The molecule has 1 amide bonds. The van der Waals surface area contributed by atoms with Gasteiger partial charge in [-0.3, -0.25) is 14.9 Å². The lowest BCUT2D eigenvalue weighted by molar-refractivity contribution is -0.385. The maximum Gasteiger partial charge on any atom is 0.288 e. The summed E-state index contributed by atoms with van der Waals surface area (Å²) in [5, 5.41) is 12.9. The fourth-order valence-electron chi connectivity index (χ4n) is 1.04. The number of nitrogens with zero attached hydrogens (tertiary/aromatic N) is 2. The van der Waals surface area contributed by atoms with Crippen LogP contribution in [0.5, 0.6) is 0 Å². The second-order valence-corrected chi connectivity index (χ2v) is 3.36. The highest BCUT2D eigenvalue weighted by Crippen LogP contribution is 2.18. The van der Waals surface area contributed by atoms with Crippen molar-refractivity contribution in [1.82, 2.24) is 10.3 Å². The lowest BCUT2D eigenvalue weighted by atomic mass is 10.2. The lowest BCUT2D eigenvalue weighted by Crippen LogP contribution is -2.24. The maximum atomic E-state index is 11.6. The van der Waals surface area contributed by atoms with E-state index in [0.717, 1.165) is 12.3 Å². The molecule has 0 aliphatic heterocycles. The second-order valence-electron chi connectivity index (χ2n) is 3.00. The number of hydrogen-bond acceptors (Lipinski definition) is 4. The molecule has 0 unspecified atom stereocenters. The van der Waals surface area contributed by atoms with Crippen LogP contribution >= 0.6 is 11.6 Å². The highest BCUT2D eigenvalue weighted by Gasteiger charge is 2.16. The first-order chi connectivity index (χ1) is 8.06. The monoisotopic (exact) mass is 253 g/mol. The van der Waals surface area contributed by atoms with Crippen LogP contribution in [0.25, 0.3) is 0 Å². The van der Waals surface area contributed by atoms with Crippen LogP contribution in [0.3, 0.4) is 0 Å². The average Bonchev–Trinajstić information content (AvgIpc) is 2.29. The van der Waals surface area contributed by atoms with E-state index in [0.29, 0.717) is 6.42 Å². The van der Waals surface area contributed by atoms with E-state index in [1.807, 2.05) is 0 Å². The van der Waals surface area contributed by atoms with Gasteiger partial charge in [0.2, 0.25) is 0 Å². The summed E-state index contributed by atoms with van der Waals surface area (Å²) in [7, 11) is 0. The van der Waals surface area contributed by atoms with Crippen molar-refractivity contribution >= 4 is 23.2 Å². The molecular weight excluding hydrogens is 246 g/mol. The molecule has 0 aromatic carbocycles. The van der Waals surface area contributed by atoms with E-state index in [1.165, 1.54) is 0 Å². The standard InChI is InChI=1S/C10H8ClN3O3/c1-2-3-4-12-10(15)8-5-7(14(16)17)6-13-9(8)11/h1,5-6H,3-4H2,(H,12,15). The van der Waals surface area contributed by atoms with E-state index in [9.17, 15) is 14.9 Å². The molecule has 1 aromatic rings. The van der Waals surface area contributed by atoms with Gasteiger partial charge < -0.3 is 5.32 Å². The van der Waals surface area contributed by atoms with Crippen LogP contribution < -0.4 is 5.32 Å². The van der Waals surface area contributed by atoms with Crippen LogP contribution in [0, 0.1) is 22.5 Å². The van der Waals surface area contributed by atoms with Crippen LogP contribution in [-0.2, 0) is 0 Å². The highest BCUT2D eigenvalue weighted by atomic mass is 35.5. The molecule has 0 saturated heterocycles. The first-order valence-electron chi connectivity index (χ1n) is 4.58. The van der Waals surface area contributed by atoms with Gasteiger partial charge >= 0.3 is 0 Å². The number of carbonyl (C=O) groups is 1. The molecule has 1 heterocycles. The number of nitrogens with one attached hydrogen (secondary N) is 1. The molecule has 1 N–H and O–H groups in total. The van der Waals surface area contributed by atoms with Crippen molar-refractivity contribution in [3.63, 3.8) is 0 Å². The van der Waals surface area contributed by atoms with Gasteiger partial charge in [-0.05, 0) is 0 Å². The molecule has 0 radical (unpaired) electrons. The minimum absolute atomic E-state index is 0.0436. The Labute approximate surface area is 102 Å². The minimum Gasteiger partial charge on any atom is -0.351 e. The van der Waals surface area contributed by atoms with E-state index >= 15 is 0 Å². The van der Waals surface area contributed by atoms with Crippen LogP contribution in [0.2, 0.25) is 5.15 Å². The second kappa shape index (κ2) is 5.82. The van der Waals surface area contributed by atoms with Crippen LogP contribution in [0.1, 0.15) is 16.8 Å². The molecule has 0 aliphatic carbocycles. The first-order valence-corrected chi connectivity index (χ1v) is 4.95. The zero-order chi connectivity index (χ0) is 12.8. The average molecular weight is 254 g/mol. The van der Waals surface area contributed by atoms with E-state index in [1.54, 1.807) is 0 Å². The molecule has 0 bridgehead atoms. The van der Waals surface area contributed by atoms with Crippen LogP contribution in [0.4, 0.5) is 5.69 Å². The maximum absolute atomic E-state index is 11.6. The molecule has 0 saturated carbocycles. The predicted octanol–water partition coefficient (Wildman–Crippen LogP) is 1.40. The van der Waals surface area contributed by atoms with E-state index in [4.69, 9.17) is 18.0 Å². The van der Waals surface area contributed by atoms with E-state index < -0.39 is 10.8 Å². The van der Waals surface area contributed by atoms with Crippen LogP contribution in [-0.4, -0.2) is 22.4 Å². The Morgan fingerprint density at radius 1 is 1.71 bits per heavy atom. The molecule has 17 heavy (non-hydrogen) atoms. The van der Waals surface area contributed by atoms with Gasteiger partial charge in [0.05, 0.1) is 10.5 Å². The molecule has 0 atom stereocenters. The van der Waals surface area contributed by atoms with Crippen molar-refractivity contribution in [3.8, 4) is 12.3 Å². The van der Waals surface area contributed by atoms with Crippen molar-refractivity contribution in [1.29, 1.82) is 0 Å². The molecule has 0 spiro atoms. The van der Waals surface area contributed by atoms with Gasteiger partial charge in [0, 0.05) is 19.0 Å². The fraction of sp³-hybridized carbons (Fsp3) is 0.200.